The van der Waals surface area contributed by atoms with Crippen molar-refractivity contribution in [3.63, 3.8) is 0 Å². The number of nitrogens with zero attached hydrogens (tertiary/aromatic N) is 5. The van der Waals surface area contributed by atoms with Gasteiger partial charge in [-0.05, 0) is 48.9 Å². The van der Waals surface area contributed by atoms with Crippen LogP contribution in [0.25, 0.3) is 4.96 Å². The number of hydrogen-bond acceptors (Lipinski definition) is 6. The Morgan fingerprint density at radius 1 is 1.10 bits per heavy atom. The molecular weight excluding hydrogens is 437 g/mol. The lowest BCUT2D eigenvalue weighted by molar-refractivity contribution is 0.211. The molecule has 4 aromatic rings. The minimum absolute atomic E-state index is 0.117. The van der Waals surface area contributed by atoms with Gasteiger partial charge in [-0.25, -0.2) is 9.37 Å². The summed E-state index contributed by atoms with van der Waals surface area (Å²) in [4.78, 5) is 10.5. The maximum atomic E-state index is 13.3. The van der Waals surface area contributed by atoms with E-state index in [0.717, 1.165) is 42.3 Å². The number of aryl methyl sites for hydroxylation is 1. The van der Waals surface area contributed by atoms with Crippen LogP contribution in [0, 0.1) is 12.7 Å². The van der Waals surface area contributed by atoms with Gasteiger partial charge in [-0.3, -0.25) is 4.90 Å². The molecular formula is C22H21ClFN5OS. The zero-order valence-corrected chi connectivity index (χ0v) is 18.4. The van der Waals surface area contributed by atoms with Gasteiger partial charge in [0.2, 0.25) is 10.8 Å². The van der Waals surface area contributed by atoms with Gasteiger partial charge in [-0.2, -0.15) is 4.52 Å². The van der Waals surface area contributed by atoms with Crippen LogP contribution in [0.5, 0.6) is 5.88 Å². The molecule has 0 bridgehead atoms. The normalized spacial score (nSPS) is 16.2. The largest absolute Gasteiger partial charge is 0.492 e. The van der Waals surface area contributed by atoms with Crippen LogP contribution in [0.3, 0.4) is 0 Å². The zero-order valence-electron chi connectivity index (χ0n) is 16.9. The Balaban J connectivity index is 1.47. The van der Waals surface area contributed by atoms with E-state index >= 15 is 0 Å². The van der Waals surface area contributed by atoms with Crippen LogP contribution in [0.4, 0.5) is 10.1 Å². The molecule has 5 rings (SSSR count). The minimum atomic E-state index is -0.231. The van der Waals surface area contributed by atoms with Crippen molar-refractivity contribution in [3.8, 4) is 5.88 Å². The van der Waals surface area contributed by atoms with Gasteiger partial charge in [0.15, 0.2) is 0 Å². The van der Waals surface area contributed by atoms with Crippen molar-refractivity contribution in [1.29, 1.82) is 0 Å². The van der Waals surface area contributed by atoms with Gasteiger partial charge >= 0.3 is 0 Å². The molecule has 1 fully saturated rings. The van der Waals surface area contributed by atoms with Crippen molar-refractivity contribution < 1.29 is 9.50 Å². The number of halogens is 2. The molecule has 6 nitrogen and oxygen atoms in total. The van der Waals surface area contributed by atoms with E-state index in [-0.39, 0.29) is 17.7 Å². The van der Waals surface area contributed by atoms with Gasteiger partial charge in [-0.15, -0.1) is 5.10 Å². The van der Waals surface area contributed by atoms with E-state index in [1.54, 1.807) is 0 Å². The average molecular weight is 458 g/mol. The summed E-state index contributed by atoms with van der Waals surface area (Å²) >= 11 is 7.75. The molecule has 0 unspecified atom stereocenters. The third-order valence-electron chi connectivity index (χ3n) is 5.59. The van der Waals surface area contributed by atoms with Crippen molar-refractivity contribution in [2.24, 2.45) is 0 Å². The molecule has 31 heavy (non-hydrogen) atoms. The Labute approximate surface area is 188 Å². The molecule has 1 aliphatic heterocycles. The molecule has 1 N–H and O–H groups in total. The fourth-order valence-corrected chi connectivity index (χ4v) is 5.48. The summed E-state index contributed by atoms with van der Waals surface area (Å²) in [6.45, 7) is 4.95. The van der Waals surface area contributed by atoms with E-state index in [9.17, 15) is 9.50 Å². The van der Waals surface area contributed by atoms with E-state index in [1.165, 1.54) is 28.0 Å². The highest BCUT2D eigenvalue weighted by Gasteiger charge is 2.31. The second-order valence-electron chi connectivity index (χ2n) is 7.60. The minimum Gasteiger partial charge on any atom is -0.492 e. The quantitative estimate of drug-likeness (QED) is 0.488. The lowest BCUT2D eigenvalue weighted by Crippen LogP contribution is -2.47. The first-order chi connectivity index (χ1) is 15.0. The number of anilines is 1. The number of fused-ring (bicyclic) bond motifs is 1. The van der Waals surface area contributed by atoms with Crippen LogP contribution in [0.1, 0.15) is 22.3 Å². The fraction of sp³-hybridized carbons (Fsp3) is 0.273. The van der Waals surface area contributed by atoms with Gasteiger partial charge < -0.3 is 10.0 Å². The standard InChI is InChI=1S/C22H21ClFN5OS/c1-14-25-22-29(26-14)21(30)20(31-22)19(15-3-2-4-16(23)13-15)28-11-9-27(10-12-28)18-7-5-17(24)6-8-18/h2-8,13,19,30H,9-12H2,1H3/t19-/m1/s1. The van der Waals surface area contributed by atoms with E-state index in [2.05, 4.69) is 19.9 Å². The molecule has 0 saturated carbocycles. The Morgan fingerprint density at radius 2 is 1.84 bits per heavy atom. The fourth-order valence-electron chi connectivity index (χ4n) is 4.12. The highest BCUT2D eigenvalue weighted by Crippen LogP contribution is 2.40. The summed E-state index contributed by atoms with van der Waals surface area (Å²) in [5.41, 5.74) is 2.02. The Kier molecular flexibility index (Phi) is 5.29. The number of aromatic nitrogens is 3. The summed E-state index contributed by atoms with van der Waals surface area (Å²) < 4.78 is 14.8. The first-order valence-electron chi connectivity index (χ1n) is 10.0. The van der Waals surface area contributed by atoms with Gasteiger partial charge in [0, 0.05) is 36.9 Å². The second-order valence-corrected chi connectivity index (χ2v) is 9.05. The van der Waals surface area contributed by atoms with E-state index in [4.69, 9.17) is 11.6 Å². The lowest BCUT2D eigenvalue weighted by atomic mass is 10.0. The van der Waals surface area contributed by atoms with E-state index in [1.807, 2.05) is 43.3 Å². The van der Waals surface area contributed by atoms with Crippen LogP contribution in [-0.4, -0.2) is 50.8 Å². The summed E-state index contributed by atoms with van der Waals surface area (Å²) in [5.74, 6) is 0.511. The topological polar surface area (TPSA) is 56.9 Å². The number of aromatic hydroxyl groups is 1. The first-order valence-corrected chi connectivity index (χ1v) is 11.2. The molecule has 0 spiro atoms. The smallest absolute Gasteiger partial charge is 0.230 e. The van der Waals surface area contributed by atoms with Crippen molar-refractivity contribution in [3.05, 3.63) is 75.6 Å². The molecule has 0 radical (unpaired) electrons. The number of rotatable bonds is 4. The SMILES string of the molecule is Cc1nc2sc([C@@H](c3cccc(Cl)c3)N3CCN(c4ccc(F)cc4)CC3)c(O)n2n1. The van der Waals surface area contributed by atoms with Crippen molar-refractivity contribution in [2.75, 3.05) is 31.1 Å². The molecule has 160 valence electrons. The van der Waals surface area contributed by atoms with E-state index < -0.39 is 0 Å². The maximum Gasteiger partial charge on any atom is 0.230 e. The molecule has 9 heteroatoms. The summed E-state index contributed by atoms with van der Waals surface area (Å²) in [7, 11) is 0. The van der Waals surface area contributed by atoms with Crippen LogP contribution in [-0.2, 0) is 0 Å². The summed E-state index contributed by atoms with van der Waals surface area (Å²) in [5, 5.41) is 15.9. The third-order valence-corrected chi connectivity index (χ3v) is 6.90. The number of benzene rings is 2. The van der Waals surface area contributed by atoms with Gasteiger partial charge in [-0.1, -0.05) is 35.1 Å². The van der Waals surface area contributed by atoms with Crippen LogP contribution in [0.2, 0.25) is 5.02 Å². The summed E-state index contributed by atoms with van der Waals surface area (Å²) in [6.07, 6.45) is 0. The molecule has 1 aliphatic rings. The van der Waals surface area contributed by atoms with Gasteiger partial charge in [0.1, 0.15) is 11.6 Å². The molecule has 2 aromatic carbocycles. The molecule has 3 heterocycles. The molecule has 1 saturated heterocycles. The highest BCUT2D eigenvalue weighted by molar-refractivity contribution is 7.17. The molecule has 0 aliphatic carbocycles. The highest BCUT2D eigenvalue weighted by atomic mass is 35.5. The molecule has 1 atom stereocenters. The maximum absolute atomic E-state index is 13.3. The Bertz CT molecular complexity index is 1220. The van der Waals surface area contributed by atoms with Crippen LogP contribution < -0.4 is 4.90 Å². The predicted octanol–water partition coefficient (Wildman–Crippen LogP) is 4.51. The number of thiazole rings is 1. The second kappa shape index (κ2) is 8.11. The van der Waals surface area contributed by atoms with Gasteiger partial charge in [0.25, 0.3) is 0 Å². The number of hydrogen-bond donors (Lipinski definition) is 1. The Morgan fingerprint density at radius 3 is 2.52 bits per heavy atom. The number of piperazine rings is 1. The van der Waals surface area contributed by atoms with Crippen LogP contribution >= 0.6 is 22.9 Å². The van der Waals surface area contributed by atoms with Gasteiger partial charge in [0.05, 0.1) is 10.9 Å². The van der Waals surface area contributed by atoms with Crippen molar-refractivity contribution >= 4 is 33.6 Å². The van der Waals surface area contributed by atoms with Crippen LogP contribution in [0.15, 0.2) is 48.5 Å². The van der Waals surface area contributed by atoms with E-state index in [0.29, 0.717) is 15.8 Å². The lowest BCUT2D eigenvalue weighted by Gasteiger charge is -2.40. The third kappa shape index (κ3) is 3.86. The average Bonchev–Trinajstić information content (AvgIpc) is 3.27. The zero-order chi connectivity index (χ0) is 21.5. The Hall–Kier alpha value is -2.68. The predicted molar refractivity (Wildman–Crippen MR) is 121 cm³/mol. The first kappa shape index (κ1) is 20.2. The van der Waals surface area contributed by atoms with Crippen molar-refractivity contribution in [1.82, 2.24) is 19.5 Å². The summed E-state index contributed by atoms with van der Waals surface area (Å²) in [6, 6.07) is 14.2. The van der Waals surface area contributed by atoms with Crippen molar-refractivity contribution in [2.45, 2.75) is 13.0 Å². The monoisotopic (exact) mass is 457 g/mol. The molecule has 0 amide bonds. The molecule has 2 aromatic heterocycles.